The van der Waals surface area contributed by atoms with Crippen molar-refractivity contribution < 1.29 is 8.42 Å². The summed E-state index contributed by atoms with van der Waals surface area (Å²) in [6.07, 6.45) is 1.32. The van der Waals surface area contributed by atoms with Gasteiger partial charge in [0.05, 0.1) is 6.20 Å². The molecule has 0 bridgehead atoms. The van der Waals surface area contributed by atoms with Gasteiger partial charge in [-0.25, -0.2) is 13.4 Å². The van der Waals surface area contributed by atoms with E-state index in [0.717, 1.165) is 24.4 Å². The summed E-state index contributed by atoms with van der Waals surface area (Å²) < 4.78 is 26.2. The highest BCUT2D eigenvalue weighted by Gasteiger charge is 2.29. The first kappa shape index (κ1) is 12.3. The van der Waals surface area contributed by atoms with Crippen LogP contribution in [-0.4, -0.2) is 55.8 Å². The van der Waals surface area contributed by atoms with Gasteiger partial charge in [0.15, 0.2) is 8.68 Å². The monoisotopic (exact) mass is 281 g/mol. The summed E-state index contributed by atoms with van der Waals surface area (Å²) in [6.45, 7) is 2.56. The number of sulfonamides is 1. The molecule has 0 amide bonds. The van der Waals surface area contributed by atoms with Gasteiger partial charge in [-0.15, -0.1) is 0 Å². The Morgan fingerprint density at radius 2 is 2.00 bits per heavy atom. The van der Waals surface area contributed by atoms with Crippen LogP contribution in [0.4, 0.5) is 0 Å². The van der Waals surface area contributed by atoms with Gasteiger partial charge in [0.2, 0.25) is 0 Å². The van der Waals surface area contributed by atoms with Gasteiger partial charge in [0.25, 0.3) is 10.0 Å². The fourth-order valence-corrected chi connectivity index (χ4v) is 4.39. The van der Waals surface area contributed by atoms with Gasteiger partial charge in [0, 0.05) is 26.2 Å². The maximum atomic E-state index is 12.1. The standard InChI is InChI=1S/C8H12ClN3O2S2/c1-11-2-4-12(5-3-11)16(13,14)7-6-10-8(9)15-7/h6H,2-5H2,1H3. The van der Waals surface area contributed by atoms with Crippen LogP contribution < -0.4 is 0 Å². The third-order valence-electron chi connectivity index (χ3n) is 2.51. The minimum atomic E-state index is -3.39. The Morgan fingerprint density at radius 1 is 1.38 bits per heavy atom. The van der Waals surface area contributed by atoms with E-state index in [-0.39, 0.29) is 8.68 Å². The number of halogens is 1. The Morgan fingerprint density at radius 3 is 2.50 bits per heavy atom. The lowest BCUT2D eigenvalue weighted by Crippen LogP contribution is -2.46. The Balaban J connectivity index is 2.20. The number of hydrogen-bond acceptors (Lipinski definition) is 5. The number of rotatable bonds is 2. The Hall–Kier alpha value is -0.210. The molecule has 1 aromatic heterocycles. The summed E-state index contributed by atoms with van der Waals surface area (Å²) in [5.41, 5.74) is 0. The average Bonchev–Trinajstić information content (AvgIpc) is 2.66. The molecule has 0 atom stereocenters. The molecule has 0 spiro atoms. The number of nitrogens with zero attached hydrogens (tertiary/aromatic N) is 3. The fourth-order valence-electron chi connectivity index (χ4n) is 1.51. The van der Waals surface area contributed by atoms with Crippen molar-refractivity contribution in [1.29, 1.82) is 0 Å². The van der Waals surface area contributed by atoms with Gasteiger partial charge < -0.3 is 4.90 Å². The number of hydrogen-bond donors (Lipinski definition) is 0. The highest BCUT2D eigenvalue weighted by molar-refractivity contribution is 7.91. The van der Waals surface area contributed by atoms with Crippen molar-refractivity contribution in [3.63, 3.8) is 0 Å². The number of piperazine rings is 1. The van der Waals surface area contributed by atoms with Gasteiger partial charge in [-0.05, 0) is 7.05 Å². The van der Waals surface area contributed by atoms with Gasteiger partial charge in [-0.2, -0.15) is 4.31 Å². The second-order valence-corrected chi connectivity index (χ2v) is 7.42. The van der Waals surface area contributed by atoms with E-state index in [2.05, 4.69) is 9.88 Å². The largest absolute Gasteiger partial charge is 0.304 e. The van der Waals surface area contributed by atoms with Crippen molar-refractivity contribution in [3.8, 4) is 0 Å². The lowest BCUT2D eigenvalue weighted by Gasteiger charge is -2.30. The van der Waals surface area contributed by atoms with Crippen LogP contribution in [0.2, 0.25) is 4.47 Å². The van der Waals surface area contributed by atoms with Crippen LogP contribution >= 0.6 is 22.9 Å². The van der Waals surface area contributed by atoms with E-state index in [1.165, 1.54) is 10.5 Å². The van der Waals surface area contributed by atoms with E-state index >= 15 is 0 Å². The van der Waals surface area contributed by atoms with Crippen LogP contribution in [0.25, 0.3) is 0 Å². The third kappa shape index (κ3) is 2.38. The molecule has 1 aliphatic rings. The number of thiazole rings is 1. The third-order valence-corrected chi connectivity index (χ3v) is 5.96. The first-order chi connectivity index (χ1) is 7.50. The second-order valence-electron chi connectivity index (χ2n) is 3.64. The molecule has 16 heavy (non-hydrogen) atoms. The molecule has 1 fully saturated rings. The SMILES string of the molecule is CN1CCN(S(=O)(=O)c2cnc(Cl)s2)CC1. The molecule has 1 aliphatic heterocycles. The zero-order valence-corrected chi connectivity index (χ0v) is 11.1. The molecule has 0 aliphatic carbocycles. The zero-order chi connectivity index (χ0) is 11.8. The maximum Gasteiger partial charge on any atom is 0.254 e. The summed E-state index contributed by atoms with van der Waals surface area (Å²) in [5, 5.41) is 0. The Bertz CT molecular complexity index is 465. The quantitative estimate of drug-likeness (QED) is 0.802. The number of aromatic nitrogens is 1. The molecular weight excluding hydrogens is 270 g/mol. The van der Waals surface area contributed by atoms with E-state index in [9.17, 15) is 8.42 Å². The molecule has 90 valence electrons. The van der Waals surface area contributed by atoms with Crippen molar-refractivity contribution in [2.24, 2.45) is 0 Å². The van der Waals surface area contributed by atoms with Gasteiger partial charge >= 0.3 is 0 Å². The van der Waals surface area contributed by atoms with Crippen LogP contribution in [0.1, 0.15) is 0 Å². The van der Waals surface area contributed by atoms with Crippen LogP contribution in [0, 0.1) is 0 Å². The molecule has 0 N–H and O–H groups in total. The molecular formula is C8H12ClN3O2S2. The van der Waals surface area contributed by atoms with E-state index in [4.69, 9.17) is 11.6 Å². The van der Waals surface area contributed by atoms with Crippen molar-refractivity contribution in [3.05, 3.63) is 10.7 Å². The Labute approximate surface area is 104 Å². The van der Waals surface area contributed by atoms with Crippen molar-refractivity contribution in [2.75, 3.05) is 33.2 Å². The Kier molecular flexibility index (Phi) is 3.50. The van der Waals surface area contributed by atoms with Crippen molar-refractivity contribution in [2.45, 2.75) is 4.21 Å². The average molecular weight is 282 g/mol. The van der Waals surface area contributed by atoms with Crippen molar-refractivity contribution in [1.82, 2.24) is 14.2 Å². The predicted octanol–water partition coefficient (Wildman–Crippen LogP) is 0.733. The summed E-state index contributed by atoms with van der Waals surface area (Å²) in [6, 6.07) is 0. The second kappa shape index (κ2) is 4.58. The topological polar surface area (TPSA) is 53.5 Å². The molecule has 5 nitrogen and oxygen atoms in total. The lowest BCUT2D eigenvalue weighted by molar-refractivity contribution is 0.222. The van der Waals surface area contributed by atoms with Gasteiger partial charge in [-0.3, -0.25) is 0 Å². The molecule has 1 saturated heterocycles. The number of likely N-dealkylation sites (N-methyl/N-ethyl adjacent to an activating group) is 1. The van der Waals surface area contributed by atoms with Crippen LogP contribution in [-0.2, 0) is 10.0 Å². The summed E-state index contributed by atoms with van der Waals surface area (Å²) in [4.78, 5) is 5.86. The summed E-state index contributed by atoms with van der Waals surface area (Å²) in [7, 11) is -1.41. The predicted molar refractivity (Wildman–Crippen MR) is 63.4 cm³/mol. The smallest absolute Gasteiger partial charge is 0.254 e. The first-order valence-corrected chi connectivity index (χ1v) is 7.43. The minimum absolute atomic E-state index is 0.224. The molecule has 0 saturated carbocycles. The van der Waals surface area contributed by atoms with Crippen LogP contribution in [0.15, 0.2) is 10.4 Å². The highest BCUT2D eigenvalue weighted by atomic mass is 35.5. The summed E-state index contributed by atoms with van der Waals surface area (Å²) >= 11 is 6.64. The lowest BCUT2D eigenvalue weighted by atomic mass is 10.4. The van der Waals surface area contributed by atoms with E-state index in [1.54, 1.807) is 0 Å². The maximum absolute atomic E-state index is 12.1. The van der Waals surface area contributed by atoms with Gasteiger partial charge in [0.1, 0.15) is 0 Å². The highest BCUT2D eigenvalue weighted by Crippen LogP contribution is 2.25. The molecule has 1 aromatic rings. The molecule has 0 radical (unpaired) electrons. The molecule has 2 rings (SSSR count). The molecule has 2 heterocycles. The van der Waals surface area contributed by atoms with E-state index in [0.29, 0.717) is 13.1 Å². The first-order valence-electron chi connectivity index (χ1n) is 4.80. The van der Waals surface area contributed by atoms with E-state index in [1.807, 2.05) is 7.05 Å². The van der Waals surface area contributed by atoms with Crippen LogP contribution in [0.5, 0.6) is 0 Å². The minimum Gasteiger partial charge on any atom is -0.304 e. The molecule has 8 heteroatoms. The molecule has 0 aromatic carbocycles. The zero-order valence-electron chi connectivity index (χ0n) is 8.76. The van der Waals surface area contributed by atoms with Gasteiger partial charge in [-0.1, -0.05) is 22.9 Å². The van der Waals surface area contributed by atoms with E-state index < -0.39 is 10.0 Å². The normalized spacial score (nSPS) is 20.1. The summed E-state index contributed by atoms with van der Waals surface area (Å²) in [5.74, 6) is 0. The van der Waals surface area contributed by atoms with Crippen LogP contribution in [0.3, 0.4) is 0 Å². The van der Waals surface area contributed by atoms with Crippen molar-refractivity contribution >= 4 is 33.0 Å². The molecule has 0 unspecified atom stereocenters. The fraction of sp³-hybridized carbons (Fsp3) is 0.625.